The maximum atomic E-state index is 12.1. The fourth-order valence-electron chi connectivity index (χ4n) is 1.68. The molecule has 0 unspecified atom stereocenters. The molecule has 0 amide bonds. The Bertz CT molecular complexity index is 670. The lowest BCUT2D eigenvalue weighted by molar-refractivity contribution is 0.601. The first-order valence-electron chi connectivity index (χ1n) is 5.85. The molecule has 3 N–H and O–H groups in total. The molecule has 2 rings (SSSR count). The average molecular weight is 277 g/mol. The first-order valence-corrected chi connectivity index (χ1v) is 7.33. The minimum atomic E-state index is -3.65. The van der Waals surface area contributed by atoms with Crippen molar-refractivity contribution in [1.29, 1.82) is 0 Å². The summed E-state index contributed by atoms with van der Waals surface area (Å²) >= 11 is 0. The lowest BCUT2D eigenvalue weighted by atomic mass is 10.1. The van der Waals surface area contributed by atoms with E-state index in [1.165, 1.54) is 12.3 Å². The number of aromatic nitrogens is 1. The maximum absolute atomic E-state index is 12.1. The zero-order chi connectivity index (χ0) is 13.9. The van der Waals surface area contributed by atoms with Crippen molar-refractivity contribution >= 4 is 21.5 Å². The second-order valence-electron chi connectivity index (χ2n) is 4.03. The van der Waals surface area contributed by atoms with Crippen molar-refractivity contribution in [2.45, 2.75) is 18.2 Å². The molecule has 0 aliphatic heterocycles. The van der Waals surface area contributed by atoms with Crippen molar-refractivity contribution in [3.05, 3.63) is 48.2 Å². The number of hydrogen-bond acceptors (Lipinski definition) is 4. The number of benzene rings is 1. The molecule has 0 aliphatic carbocycles. The summed E-state index contributed by atoms with van der Waals surface area (Å²) in [7, 11) is -3.65. The van der Waals surface area contributed by atoms with Gasteiger partial charge in [-0.3, -0.25) is 4.72 Å². The van der Waals surface area contributed by atoms with Crippen molar-refractivity contribution in [3.63, 3.8) is 0 Å². The molecule has 1 heterocycles. The second kappa shape index (κ2) is 5.27. The Morgan fingerprint density at radius 2 is 2.05 bits per heavy atom. The van der Waals surface area contributed by atoms with Gasteiger partial charge < -0.3 is 5.73 Å². The molecule has 5 nitrogen and oxygen atoms in total. The maximum Gasteiger partial charge on any atom is 0.263 e. The largest absolute Gasteiger partial charge is 0.398 e. The summed E-state index contributed by atoms with van der Waals surface area (Å²) in [6, 6.07) is 9.74. The summed E-state index contributed by atoms with van der Waals surface area (Å²) < 4.78 is 26.7. The fraction of sp³-hybridized carbons (Fsp3) is 0.154. The number of aryl methyl sites for hydroxylation is 1. The summed E-state index contributed by atoms with van der Waals surface area (Å²) in [6.45, 7) is 1.96. The second-order valence-corrected chi connectivity index (χ2v) is 5.72. The van der Waals surface area contributed by atoms with E-state index < -0.39 is 10.0 Å². The van der Waals surface area contributed by atoms with E-state index >= 15 is 0 Å². The molecule has 0 saturated carbocycles. The quantitative estimate of drug-likeness (QED) is 0.837. The molecular weight excluding hydrogens is 262 g/mol. The Morgan fingerprint density at radius 3 is 2.63 bits per heavy atom. The van der Waals surface area contributed by atoms with Gasteiger partial charge in [0.1, 0.15) is 5.82 Å². The van der Waals surface area contributed by atoms with E-state index in [1.807, 2.05) is 6.92 Å². The van der Waals surface area contributed by atoms with Crippen molar-refractivity contribution < 1.29 is 8.42 Å². The van der Waals surface area contributed by atoms with E-state index in [-0.39, 0.29) is 10.7 Å². The van der Waals surface area contributed by atoms with Gasteiger partial charge in [-0.25, -0.2) is 13.4 Å². The lowest BCUT2D eigenvalue weighted by Gasteiger charge is -2.09. The van der Waals surface area contributed by atoms with Gasteiger partial charge in [-0.05, 0) is 36.2 Å². The van der Waals surface area contributed by atoms with Crippen LogP contribution in [0.2, 0.25) is 0 Å². The molecule has 0 atom stereocenters. The first kappa shape index (κ1) is 13.4. The van der Waals surface area contributed by atoms with Crippen LogP contribution in [-0.2, 0) is 16.4 Å². The van der Waals surface area contributed by atoms with Crippen LogP contribution in [-0.4, -0.2) is 13.4 Å². The molecule has 0 spiro atoms. The van der Waals surface area contributed by atoms with Crippen LogP contribution in [0.1, 0.15) is 12.5 Å². The summed E-state index contributed by atoms with van der Waals surface area (Å²) in [4.78, 5) is 4.06. The molecule has 1 aromatic carbocycles. The predicted molar refractivity (Wildman–Crippen MR) is 75.3 cm³/mol. The minimum absolute atomic E-state index is 0.132. The summed E-state index contributed by atoms with van der Waals surface area (Å²) in [6.07, 6.45) is 2.28. The van der Waals surface area contributed by atoms with E-state index in [1.54, 1.807) is 30.3 Å². The van der Waals surface area contributed by atoms with E-state index in [0.717, 1.165) is 12.0 Å². The van der Waals surface area contributed by atoms with Gasteiger partial charge in [-0.2, -0.15) is 0 Å². The number of anilines is 2. The van der Waals surface area contributed by atoms with Gasteiger partial charge in [0.05, 0.1) is 4.90 Å². The average Bonchev–Trinajstić information content (AvgIpc) is 2.39. The Labute approximate surface area is 112 Å². The van der Waals surface area contributed by atoms with Gasteiger partial charge in [0.2, 0.25) is 0 Å². The molecule has 1 aromatic heterocycles. The Balaban J connectivity index is 2.32. The molecule has 2 aromatic rings. The van der Waals surface area contributed by atoms with Crippen LogP contribution >= 0.6 is 0 Å². The molecule has 0 saturated heterocycles. The zero-order valence-electron chi connectivity index (χ0n) is 10.5. The van der Waals surface area contributed by atoms with Gasteiger partial charge in [0.25, 0.3) is 10.0 Å². The normalized spacial score (nSPS) is 11.2. The molecule has 0 bridgehead atoms. The smallest absolute Gasteiger partial charge is 0.263 e. The molecule has 0 aliphatic rings. The highest BCUT2D eigenvalue weighted by molar-refractivity contribution is 7.92. The Kier molecular flexibility index (Phi) is 3.71. The third-order valence-electron chi connectivity index (χ3n) is 2.71. The highest BCUT2D eigenvalue weighted by Crippen LogP contribution is 2.20. The summed E-state index contributed by atoms with van der Waals surface area (Å²) in [5.74, 6) is 0.278. The van der Waals surface area contributed by atoms with Gasteiger partial charge >= 0.3 is 0 Å². The fourth-order valence-corrected chi connectivity index (χ4v) is 2.73. The third-order valence-corrected chi connectivity index (χ3v) is 4.06. The van der Waals surface area contributed by atoms with E-state index in [9.17, 15) is 8.42 Å². The molecule has 100 valence electrons. The van der Waals surface area contributed by atoms with E-state index in [4.69, 9.17) is 5.73 Å². The predicted octanol–water partition coefficient (Wildman–Crippen LogP) is 2.03. The standard InChI is InChI=1S/C13H15N3O2S/c1-2-10-6-7-11(9-12(10)14)19(17,18)16-13-5-3-4-8-15-13/h3-9H,2,14H2,1H3,(H,15,16). The SMILES string of the molecule is CCc1ccc(S(=O)(=O)Nc2ccccn2)cc1N. The molecular formula is C13H15N3O2S. The van der Waals surface area contributed by atoms with Crippen LogP contribution in [0.4, 0.5) is 11.5 Å². The monoisotopic (exact) mass is 277 g/mol. The van der Waals surface area contributed by atoms with Crippen LogP contribution < -0.4 is 10.5 Å². The van der Waals surface area contributed by atoms with Crippen molar-refractivity contribution in [3.8, 4) is 0 Å². The number of pyridine rings is 1. The number of nitrogens with two attached hydrogens (primary N) is 1. The van der Waals surface area contributed by atoms with Gasteiger partial charge in [-0.15, -0.1) is 0 Å². The number of sulfonamides is 1. The van der Waals surface area contributed by atoms with E-state index in [0.29, 0.717) is 5.69 Å². The van der Waals surface area contributed by atoms with Crippen LogP contribution in [0.15, 0.2) is 47.5 Å². The van der Waals surface area contributed by atoms with Gasteiger partial charge in [-0.1, -0.05) is 19.1 Å². The van der Waals surface area contributed by atoms with Gasteiger partial charge in [0, 0.05) is 11.9 Å². The van der Waals surface area contributed by atoms with Crippen molar-refractivity contribution in [2.75, 3.05) is 10.5 Å². The summed E-state index contributed by atoms with van der Waals surface area (Å²) in [5, 5.41) is 0. The van der Waals surface area contributed by atoms with Crippen LogP contribution in [0.25, 0.3) is 0 Å². The zero-order valence-corrected chi connectivity index (χ0v) is 11.3. The lowest BCUT2D eigenvalue weighted by Crippen LogP contribution is -2.14. The number of nitrogens with zero attached hydrogens (tertiary/aromatic N) is 1. The molecule has 19 heavy (non-hydrogen) atoms. The Hall–Kier alpha value is -2.08. The molecule has 0 radical (unpaired) electrons. The minimum Gasteiger partial charge on any atom is -0.398 e. The van der Waals surface area contributed by atoms with Crippen LogP contribution in [0, 0.1) is 0 Å². The van der Waals surface area contributed by atoms with Crippen molar-refractivity contribution in [1.82, 2.24) is 4.98 Å². The Morgan fingerprint density at radius 1 is 1.26 bits per heavy atom. The highest BCUT2D eigenvalue weighted by atomic mass is 32.2. The number of nitrogens with one attached hydrogen (secondary N) is 1. The van der Waals surface area contributed by atoms with Crippen molar-refractivity contribution in [2.24, 2.45) is 0 Å². The third kappa shape index (κ3) is 3.03. The first-order chi connectivity index (χ1) is 9.03. The summed E-state index contributed by atoms with van der Waals surface area (Å²) in [5.41, 5.74) is 7.22. The van der Waals surface area contributed by atoms with Crippen LogP contribution in [0.3, 0.4) is 0 Å². The number of nitrogen functional groups attached to an aromatic ring is 1. The highest BCUT2D eigenvalue weighted by Gasteiger charge is 2.15. The number of rotatable bonds is 4. The number of hydrogen-bond donors (Lipinski definition) is 2. The topological polar surface area (TPSA) is 85.1 Å². The molecule has 6 heteroatoms. The van der Waals surface area contributed by atoms with Gasteiger partial charge in [0.15, 0.2) is 0 Å². The van der Waals surface area contributed by atoms with Crippen LogP contribution in [0.5, 0.6) is 0 Å². The molecule has 0 fully saturated rings. The van der Waals surface area contributed by atoms with E-state index in [2.05, 4.69) is 9.71 Å².